The molecular weight excluding hydrogens is 262 g/mol. The first-order valence-electron chi connectivity index (χ1n) is 6.14. The first-order chi connectivity index (χ1) is 9.01. The molecule has 1 atom stereocenters. The number of para-hydroxylation sites is 1. The van der Waals surface area contributed by atoms with E-state index in [1.807, 2.05) is 31.2 Å². The second-order valence-corrected chi connectivity index (χ2v) is 6.63. The molecule has 1 aromatic heterocycles. The molecule has 0 spiro atoms. The first-order valence-corrected chi connectivity index (χ1v) is 7.58. The Morgan fingerprint density at radius 3 is 2.79 bits per heavy atom. The van der Waals surface area contributed by atoms with Gasteiger partial charge in [0, 0.05) is 6.04 Å². The highest BCUT2D eigenvalue weighted by molar-refractivity contribution is 7.93. The summed E-state index contributed by atoms with van der Waals surface area (Å²) in [5.74, 6) is 0. The van der Waals surface area contributed by atoms with Crippen LogP contribution in [0.5, 0.6) is 0 Å². The molecule has 3 rings (SSSR count). The van der Waals surface area contributed by atoms with Gasteiger partial charge in [-0.2, -0.15) is 5.10 Å². The molecule has 1 aliphatic heterocycles. The number of nitrogens with one attached hydrogen (secondary N) is 1. The van der Waals surface area contributed by atoms with Crippen molar-refractivity contribution in [3.63, 3.8) is 0 Å². The van der Waals surface area contributed by atoms with Gasteiger partial charge in [-0.3, -0.25) is 9.40 Å². The number of hydrogen-bond donors (Lipinski definition) is 1. The number of sulfonamides is 1. The molecule has 0 bridgehead atoms. The normalized spacial score (nSPS) is 18.6. The van der Waals surface area contributed by atoms with Gasteiger partial charge in [0.25, 0.3) is 10.0 Å². The Morgan fingerprint density at radius 1 is 1.37 bits per heavy atom. The van der Waals surface area contributed by atoms with Crippen molar-refractivity contribution in [1.29, 1.82) is 0 Å². The maximum Gasteiger partial charge on any atom is 0.267 e. The van der Waals surface area contributed by atoms with Gasteiger partial charge in [-0.15, -0.1) is 0 Å². The quantitative estimate of drug-likeness (QED) is 0.911. The van der Waals surface area contributed by atoms with Crippen LogP contribution in [-0.2, 0) is 16.4 Å². The Morgan fingerprint density at radius 2 is 2.11 bits per heavy atom. The molecule has 2 heterocycles. The van der Waals surface area contributed by atoms with E-state index in [0.717, 1.165) is 17.7 Å². The second kappa shape index (κ2) is 4.09. The molecule has 100 valence electrons. The number of nitrogens with zero attached hydrogens (tertiary/aromatic N) is 2. The average molecular weight is 277 g/mol. The molecule has 0 fully saturated rings. The smallest absolute Gasteiger partial charge is 0.267 e. The molecule has 0 amide bonds. The standard InChI is InChI=1S/C13H15N3O2S/c1-9-7-11-5-3-4-6-12(11)16(9)19(17,18)13-8-14-15-10(13)2/h3-6,8-9H,7H2,1-2H3,(H,14,15). The summed E-state index contributed by atoms with van der Waals surface area (Å²) in [6.45, 7) is 3.64. The van der Waals surface area contributed by atoms with E-state index >= 15 is 0 Å². The Kier molecular flexibility index (Phi) is 2.63. The van der Waals surface area contributed by atoms with E-state index in [-0.39, 0.29) is 10.9 Å². The summed E-state index contributed by atoms with van der Waals surface area (Å²) in [5, 5.41) is 6.49. The van der Waals surface area contributed by atoms with Crippen LogP contribution in [0.3, 0.4) is 0 Å². The minimum absolute atomic E-state index is 0.0725. The minimum Gasteiger partial charge on any atom is -0.281 e. The average Bonchev–Trinajstić information content (AvgIpc) is 2.91. The van der Waals surface area contributed by atoms with Crippen LogP contribution < -0.4 is 4.31 Å². The molecule has 1 unspecified atom stereocenters. The number of hydrogen-bond acceptors (Lipinski definition) is 3. The summed E-state index contributed by atoms with van der Waals surface area (Å²) >= 11 is 0. The predicted molar refractivity (Wildman–Crippen MR) is 72.6 cm³/mol. The van der Waals surface area contributed by atoms with Crippen LogP contribution >= 0.6 is 0 Å². The molecule has 0 aliphatic carbocycles. The Bertz CT molecular complexity index is 721. The van der Waals surface area contributed by atoms with Gasteiger partial charge in [0.05, 0.1) is 17.6 Å². The van der Waals surface area contributed by atoms with Crippen molar-refractivity contribution in [3.05, 3.63) is 41.7 Å². The van der Waals surface area contributed by atoms with E-state index in [0.29, 0.717) is 5.69 Å². The number of aromatic nitrogens is 2. The largest absolute Gasteiger partial charge is 0.281 e. The molecular formula is C13H15N3O2S. The lowest BCUT2D eigenvalue weighted by molar-refractivity contribution is 0.583. The molecule has 1 aliphatic rings. The zero-order valence-electron chi connectivity index (χ0n) is 10.8. The lowest BCUT2D eigenvalue weighted by Crippen LogP contribution is -2.35. The summed E-state index contributed by atoms with van der Waals surface area (Å²) in [5.41, 5.74) is 2.41. The van der Waals surface area contributed by atoms with Crippen molar-refractivity contribution in [2.45, 2.75) is 31.2 Å². The fourth-order valence-corrected chi connectivity index (χ4v) is 4.42. The van der Waals surface area contributed by atoms with E-state index in [1.54, 1.807) is 6.92 Å². The van der Waals surface area contributed by atoms with Crippen molar-refractivity contribution < 1.29 is 8.42 Å². The maximum atomic E-state index is 12.8. The molecule has 6 heteroatoms. The molecule has 0 saturated heterocycles. The Hall–Kier alpha value is -1.82. The fourth-order valence-electron chi connectivity index (χ4n) is 2.61. The third-order valence-corrected chi connectivity index (χ3v) is 5.51. The number of anilines is 1. The molecule has 0 saturated carbocycles. The van der Waals surface area contributed by atoms with E-state index in [4.69, 9.17) is 0 Å². The zero-order chi connectivity index (χ0) is 13.6. The molecule has 5 nitrogen and oxygen atoms in total. The number of fused-ring (bicyclic) bond motifs is 1. The fraction of sp³-hybridized carbons (Fsp3) is 0.308. The van der Waals surface area contributed by atoms with Crippen LogP contribution in [0.2, 0.25) is 0 Å². The van der Waals surface area contributed by atoms with Gasteiger partial charge in [0.2, 0.25) is 0 Å². The van der Waals surface area contributed by atoms with E-state index in [9.17, 15) is 8.42 Å². The zero-order valence-corrected chi connectivity index (χ0v) is 11.6. The molecule has 1 aromatic carbocycles. The van der Waals surface area contributed by atoms with E-state index in [1.165, 1.54) is 10.5 Å². The SMILES string of the molecule is Cc1[nH]ncc1S(=O)(=O)N1c2ccccc2CC1C. The number of H-pyrrole nitrogens is 1. The van der Waals surface area contributed by atoms with Gasteiger partial charge in [-0.05, 0) is 31.9 Å². The van der Waals surface area contributed by atoms with Crippen LogP contribution in [0.15, 0.2) is 35.4 Å². The van der Waals surface area contributed by atoms with Crippen molar-refractivity contribution >= 4 is 15.7 Å². The molecule has 19 heavy (non-hydrogen) atoms. The highest BCUT2D eigenvalue weighted by Crippen LogP contribution is 2.36. The van der Waals surface area contributed by atoms with Gasteiger partial charge in [0.15, 0.2) is 0 Å². The lowest BCUT2D eigenvalue weighted by Gasteiger charge is -2.24. The second-order valence-electron chi connectivity index (χ2n) is 4.84. The Balaban J connectivity index is 2.15. The third-order valence-electron chi connectivity index (χ3n) is 3.47. The van der Waals surface area contributed by atoms with Gasteiger partial charge >= 0.3 is 0 Å². The highest BCUT2D eigenvalue weighted by atomic mass is 32.2. The van der Waals surface area contributed by atoms with Crippen LogP contribution in [0.1, 0.15) is 18.2 Å². The van der Waals surface area contributed by atoms with E-state index < -0.39 is 10.0 Å². The first kappa shape index (κ1) is 12.2. The molecule has 2 aromatic rings. The van der Waals surface area contributed by atoms with Gasteiger partial charge in [-0.1, -0.05) is 18.2 Å². The van der Waals surface area contributed by atoms with E-state index in [2.05, 4.69) is 10.2 Å². The van der Waals surface area contributed by atoms with Gasteiger partial charge < -0.3 is 0 Å². The number of aromatic amines is 1. The number of benzene rings is 1. The van der Waals surface area contributed by atoms with Crippen molar-refractivity contribution in [1.82, 2.24) is 10.2 Å². The maximum absolute atomic E-state index is 12.8. The number of aryl methyl sites for hydroxylation is 1. The van der Waals surface area contributed by atoms with Crippen LogP contribution in [0.4, 0.5) is 5.69 Å². The minimum atomic E-state index is -3.55. The monoisotopic (exact) mass is 277 g/mol. The predicted octanol–water partition coefficient (Wildman–Crippen LogP) is 1.86. The lowest BCUT2D eigenvalue weighted by atomic mass is 10.1. The Labute approximate surface area is 112 Å². The summed E-state index contributed by atoms with van der Waals surface area (Å²) in [7, 11) is -3.55. The third kappa shape index (κ3) is 1.74. The molecule has 1 N–H and O–H groups in total. The summed E-state index contributed by atoms with van der Waals surface area (Å²) in [6.07, 6.45) is 2.12. The van der Waals surface area contributed by atoms with Crippen molar-refractivity contribution in [2.75, 3.05) is 4.31 Å². The number of rotatable bonds is 2. The summed E-state index contributed by atoms with van der Waals surface area (Å²) in [4.78, 5) is 0.246. The highest BCUT2D eigenvalue weighted by Gasteiger charge is 2.37. The molecule has 0 radical (unpaired) electrons. The summed E-state index contributed by atoms with van der Waals surface area (Å²) in [6, 6.07) is 7.55. The summed E-state index contributed by atoms with van der Waals surface area (Å²) < 4.78 is 27.0. The van der Waals surface area contributed by atoms with Crippen LogP contribution in [0.25, 0.3) is 0 Å². The topological polar surface area (TPSA) is 66.1 Å². The van der Waals surface area contributed by atoms with Crippen molar-refractivity contribution in [3.8, 4) is 0 Å². The van der Waals surface area contributed by atoms with Gasteiger partial charge in [0.1, 0.15) is 4.90 Å². The van der Waals surface area contributed by atoms with Crippen LogP contribution in [0, 0.1) is 6.92 Å². The van der Waals surface area contributed by atoms with Gasteiger partial charge in [-0.25, -0.2) is 8.42 Å². The van der Waals surface area contributed by atoms with Crippen molar-refractivity contribution in [2.24, 2.45) is 0 Å². The van der Waals surface area contributed by atoms with Crippen LogP contribution in [-0.4, -0.2) is 24.7 Å².